The van der Waals surface area contributed by atoms with Crippen LogP contribution in [0.3, 0.4) is 0 Å². The zero-order valence-corrected chi connectivity index (χ0v) is 14.2. The summed E-state index contributed by atoms with van der Waals surface area (Å²) >= 11 is 1.75. The van der Waals surface area contributed by atoms with E-state index in [1.54, 1.807) is 11.8 Å². The number of carbonyl (C=O) groups is 1. The lowest BCUT2D eigenvalue weighted by atomic mass is 10.1. The number of benzene rings is 1. The van der Waals surface area contributed by atoms with Crippen LogP contribution in [0.1, 0.15) is 37.3 Å². The Bertz CT molecular complexity index is 456. The standard InChI is InChI=1S/C17H26N2OS/c1-4-14-7-9-15(10-8-14)17-19(16(20)13-21-17)12-11-18(5-2)6-3/h7-10,17H,4-6,11-13H2,1-3H3. The van der Waals surface area contributed by atoms with E-state index in [1.807, 2.05) is 4.90 Å². The molecule has 0 aromatic heterocycles. The molecule has 1 heterocycles. The molecule has 1 aromatic carbocycles. The SMILES string of the molecule is CCc1ccc(C2SCC(=O)N2CCN(CC)CC)cc1. The lowest BCUT2D eigenvalue weighted by Crippen LogP contribution is -2.37. The number of thioether (sulfide) groups is 1. The van der Waals surface area contributed by atoms with Crippen molar-refractivity contribution >= 4 is 17.7 Å². The molecule has 21 heavy (non-hydrogen) atoms. The summed E-state index contributed by atoms with van der Waals surface area (Å²) < 4.78 is 0. The van der Waals surface area contributed by atoms with Crippen LogP contribution in [0.25, 0.3) is 0 Å². The lowest BCUT2D eigenvalue weighted by molar-refractivity contribution is -0.128. The number of amides is 1. The van der Waals surface area contributed by atoms with Gasteiger partial charge in [0.1, 0.15) is 5.37 Å². The Morgan fingerprint density at radius 3 is 2.43 bits per heavy atom. The molecule has 1 aliphatic heterocycles. The molecule has 0 radical (unpaired) electrons. The average molecular weight is 306 g/mol. The minimum Gasteiger partial charge on any atom is -0.325 e. The molecule has 116 valence electrons. The van der Waals surface area contributed by atoms with E-state index >= 15 is 0 Å². The Kier molecular flexibility index (Phi) is 6.12. The predicted octanol–water partition coefficient (Wildman–Crippen LogP) is 3.16. The molecule has 3 nitrogen and oxygen atoms in total. The van der Waals surface area contributed by atoms with Crippen LogP contribution in [0.5, 0.6) is 0 Å². The fourth-order valence-corrected chi connectivity index (χ4v) is 3.90. The normalized spacial score (nSPS) is 18.8. The molecule has 1 saturated heterocycles. The van der Waals surface area contributed by atoms with Crippen molar-refractivity contribution in [3.8, 4) is 0 Å². The molecule has 0 spiro atoms. The molecule has 1 amide bonds. The molecule has 1 aromatic rings. The highest BCUT2D eigenvalue weighted by atomic mass is 32.2. The maximum atomic E-state index is 12.2. The molecule has 1 unspecified atom stereocenters. The summed E-state index contributed by atoms with van der Waals surface area (Å²) in [4.78, 5) is 16.6. The van der Waals surface area contributed by atoms with Crippen LogP contribution in [0, 0.1) is 0 Å². The third kappa shape index (κ3) is 4.01. The average Bonchev–Trinajstić information content (AvgIpc) is 2.89. The first-order chi connectivity index (χ1) is 10.2. The van der Waals surface area contributed by atoms with E-state index in [9.17, 15) is 4.79 Å². The summed E-state index contributed by atoms with van der Waals surface area (Å²) in [6, 6.07) is 8.72. The lowest BCUT2D eigenvalue weighted by Gasteiger charge is -2.27. The molecule has 4 heteroatoms. The highest BCUT2D eigenvalue weighted by Crippen LogP contribution is 2.38. The minimum atomic E-state index is 0.193. The molecule has 2 rings (SSSR count). The number of rotatable bonds is 7. The second kappa shape index (κ2) is 7.85. The largest absolute Gasteiger partial charge is 0.325 e. The summed E-state index contributed by atoms with van der Waals surface area (Å²) in [6.45, 7) is 10.4. The van der Waals surface area contributed by atoms with Gasteiger partial charge in [0.05, 0.1) is 5.75 Å². The highest BCUT2D eigenvalue weighted by Gasteiger charge is 2.32. The molecule has 0 aliphatic carbocycles. The number of likely N-dealkylation sites (N-methyl/N-ethyl adjacent to an activating group) is 1. The number of hydrogen-bond acceptors (Lipinski definition) is 3. The molecular formula is C17H26N2OS. The van der Waals surface area contributed by atoms with Gasteiger partial charge < -0.3 is 9.80 Å². The van der Waals surface area contributed by atoms with Crippen LogP contribution in [0.4, 0.5) is 0 Å². The van der Waals surface area contributed by atoms with Crippen molar-refractivity contribution in [2.75, 3.05) is 31.9 Å². The van der Waals surface area contributed by atoms with E-state index in [-0.39, 0.29) is 11.3 Å². The number of carbonyl (C=O) groups excluding carboxylic acids is 1. The van der Waals surface area contributed by atoms with Crippen molar-refractivity contribution < 1.29 is 4.79 Å². The smallest absolute Gasteiger partial charge is 0.233 e. The van der Waals surface area contributed by atoms with Gasteiger partial charge in [-0.25, -0.2) is 0 Å². The third-order valence-corrected chi connectivity index (χ3v) is 5.45. The van der Waals surface area contributed by atoms with E-state index in [0.717, 1.165) is 32.6 Å². The van der Waals surface area contributed by atoms with Gasteiger partial charge in [0.15, 0.2) is 0 Å². The van der Waals surface area contributed by atoms with Crippen LogP contribution in [0.2, 0.25) is 0 Å². The van der Waals surface area contributed by atoms with Gasteiger partial charge >= 0.3 is 0 Å². The van der Waals surface area contributed by atoms with E-state index in [0.29, 0.717) is 5.75 Å². The van der Waals surface area contributed by atoms with Gasteiger partial charge in [0.25, 0.3) is 0 Å². The van der Waals surface area contributed by atoms with Gasteiger partial charge in [-0.05, 0) is 30.6 Å². The Morgan fingerprint density at radius 1 is 1.19 bits per heavy atom. The first-order valence-electron chi connectivity index (χ1n) is 7.91. The summed E-state index contributed by atoms with van der Waals surface area (Å²) in [5.74, 6) is 0.884. The van der Waals surface area contributed by atoms with Crippen LogP contribution in [-0.2, 0) is 11.2 Å². The zero-order chi connectivity index (χ0) is 15.2. The van der Waals surface area contributed by atoms with Crippen molar-refractivity contribution in [1.29, 1.82) is 0 Å². The van der Waals surface area contributed by atoms with E-state index in [1.165, 1.54) is 11.1 Å². The zero-order valence-electron chi connectivity index (χ0n) is 13.3. The molecular weight excluding hydrogens is 280 g/mol. The third-order valence-electron chi connectivity index (χ3n) is 4.19. The van der Waals surface area contributed by atoms with E-state index in [2.05, 4.69) is 49.9 Å². The second-order valence-corrected chi connectivity index (χ2v) is 6.44. The quantitative estimate of drug-likeness (QED) is 0.773. The van der Waals surface area contributed by atoms with Crippen LogP contribution < -0.4 is 0 Å². The maximum Gasteiger partial charge on any atom is 0.233 e. The van der Waals surface area contributed by atoms with Gasteiger partial charge in [-0.15, -0.1) is 11.8 Å². The number of nitrogens with zero attached hydrogens (tertiary/aromatic N) is 2. The first kappa shape index (κ1) is 16.4. The Morgan fingerprint density at radius 2 is 1.86 bits per heavy atom. The highest BCUT2D eigenvalue weighted by molar-refractivity contribution is 8.00. The molecule has 1 atom stereocenters. The summed E-state index contributed by atoms with van der Waals surface area (Å²) in [5, 5.41) is 0.193. The van der Waals surface area contributed by atoms with Gasteiger partial charge in [0.2, 0.25) is 5.91 Å². The Labute approximate surface area is 132 Å². The van der Waals surface area contributed by atoms with Gasteiger partial charge in [0, 0.05) is 13.1 Å². The van der Waals surface area contributed by atoms with Crippen molar-refractivity contribution in [2.45, 2.75) is 32.6 Å². The molecule has 1 aliphatic rings. The fourth-order valence-electron chi connectivity index (χ4n) is 2.68. The van der Waals surface area contributed by atoms with Crippen molar-refractivity contribution in [1.82, 2.24) is 9.80 Å². The van der Waals surface area contributed by atoms with Crippen LogP contribution >= 0.6 is 11.8 Å². The first-order valence-corrected chi connectivity index (χ1v) is 8.96. The number of aryl methyl sites for hydroxylation is 1. The Balaban J connectivity index is 2.04. The van der Waals surface area contributed by atoms with Gasteiger partial charge in [-0.3, -0.25) is 4.79 Å². The second-order valence-electron chi connectivity index (χ2n) is 5.37. The van der Waals surface area contributed by atoms with E-state index < -0.39 is 0 Å². The summed E-state index contributed by atoms with van der Waals surface area (Å²) in [7, 11) is 0. The monoisotopic (exact) mass is 306 g/mol. The van der Waals surface area contributed by atoms with E-state index in [4.69, 9.17) is 0 Å². The molecule has 0 bridgehead atoms. The Hall–Kier alpha value is -1.00. The maximum absolute atomic E-state index is 12.2. The van der Waals surface area contributed by atoms with Crippen molar-refractivity contribution in [2.24, 2.45) is 0 Å². The van der Waals surface area contributed by atoms with Gasteiger partial charge in [-0.1, -0.05) is 45.0 Å². The number of hydrogen-bond donors (Lipinski definition) is 0. The van der Waals surface area contributed by atoms with Crippen LogP contribution in [0.15, 0.2) is 24.3 Å². The predicted molar refractivity (Wildman–Crippen MR) is 90.5 cm³/mol. The molecule has 1 fully saturated rings. The summed E-state index contributed by atoms with van der Waals surface area (Å²) in [5.41, 5.74) is 2.60. The minimum absolute atomic E-state index is 0.193. The fraction of sp³-hybridized carbons (Fsp3) is 0.588. The van der Waals surface area contributed by atoms with Gasteiger partial charge in [-0.2, -0.15) is 0 Å². The topological polar surface area (TPSA) is 23.6 Å². The molecule has 0 saturated carbocycles. The van der Waals surface area contributed by atoms with Crippen molar-refractivity contribution in [3.63, 3.8) is 0 Å². The van der Waals surface area contributed by atoms with Crippen molar-refractivity contribution in [3.05, 3.63) is 35.4 Å². The summed E-state index contributed by atoms with van der Waals surface area (Å²) in [6.07, 6.45) is 1.06. The molecule has 0 N–H and O–H groups in total. The van der Waals surface area contributed by atoms with Crippen LogP contribution in [-0.4, -0.2) is 47.6 Å².